The first kappa shape index (κ1) is 21.2. The molecule has 0 fully saturated rings. The van der Waals surface area contributed by atoms with Crippen molar-refractivity contribution in [3.8, 4) is 45.6 Å². The second kappa shape index (κ2) is 10.3. The number of terminal acetylenes is 2. The van der Waals surface area contributed by atoms with Crippen LogP contribution in [0.2, 0.25) is 0 Å². The quantitative estimate of drug-likeness (QED) is 0.271. The number of thiophene rings is 2. The summed E-state index contributed by atoms with van der Waals surface area (Å²) in [5.74, 6) is 5.55. The lowest BCUT2D eigenvalue weighted by Gasteiger charge is -2.17. The van der Waals surface area contributed by atoms with Crippen molar-refractivity contribution >= 4 is 22.7 Å². The maximum Gasteiger partial charge on any atom is 0.124 e. The molecule has 0 amide bonds. The summed E-state index contributed by atoms with van der Waals surface area (Å²) < 4.78 is 6.13. The zero-order valence-electron chi connectivity index (χ0n) is 17.0. The fourth-order valence-corrected chi connectivity index (χ4v) is 5.43. The maximum atomic E-state index is 6.13. The van der Waals surface area contributed by atoms with Crippen LogP contribution in [0.1, 0.15) is 9.75 Å². The molecule has 0 bridgehead atoms. The van der Waals surface area contributed by atoms with Gasteiger partial charge in [0.25, 0.3) is 0 Å². The molecule has 2 aromatic carbocycles. The normalized spacial score (nSPS) is 12.6. The molecule has 0 aliphatic rings. The zero-order chi connectivity index (χ0) is 21.5. The summed E-state index contributed by atoms with van der Waals surface area (Å²) in [6.07, 6.45) is 12.2. The van der Waals surface area contributed by atoms with Gasteiger partial charge in [-0.3, -0.25) is 0 Å². The highest BCUT2D eigenvalue weighted by Crippen LogP contribution is 2.30. The topological polar surface area (TPSA) is 9.23 Å². The van der Waals surface area contributed by atoms with Crippen molar-refractivity contribution in [3.63, 3.8) is 0 Å². The maximum absolute atomic E-state index is 6.13. The average Bonchev–Trinajstić information content (AvgIpc) is 3.49. The molecule has 2 aromatic heterocycles. The molecule has 0 saturated heterocycles. The first-order chi connectivity index (χ1) is 15.2. The predicted molar refractivity (Wildman–Crippen MR) is 133 cm³/mol. The van der Waals surface area contributed by atoms with Gasteiger partial charge in [0.05, 0.1) is 0 Å². The highest BCUT2D eigenvalue weighted by Gasteiger charge is 2.17. The third-order valence-electron chi connectivity index (χ3n) is 4.91. The molecule has 2 heterocycles. The molecular formula is C28H22OS2. The van der Waals surface area contributed by atoms with E-state index in [1.54, 1.807) is 22.7 Å². The summed E-state index contributed by atoms with van der Waals surface area (Å²) in [6, 6.07) is 29.2. The molecule has 3 heteroatoms. The molecule has 152 valence electrons. The van der Waals surface area contributed by atoms with E-state index in [4.69, 9.17) is 17.6 Å². The molecule has 0 saturated carbocycles. The first-order valence-electron chi connectivity index (χ1n) is 10.1. The van der Waals surface area contributed by atoms with Gasteiger partial charge >= 0.3 is 0 Å². The monoisotopic (exact) mass is 438 g/mol. The van der Waals surface area contributed by atoms with Gasteiger partial charge in [-0.15, -0.1) is 35.5 Å². The number of hydrogen-bond donors (Lipinski definition) is 0. The number of rotatable bonds is 8. The van der Waals surface area contributed by atoms with Crippen LogP contribution < -0.4 is 0 Å². The lowest BCUT2D eigenvalue weighted by Crippen LogP contribution is -2.23. The van der Waals surface area contributed by atoms with Crippen LogP contribution in [-0.4, -0.2) is 12.2 Å². The van der Waals surface area contributed by atoms with Gasteiger partial charge in [-0.2, -0.15) is 0 Å². The van der Waals surface area contributed by atoms with E-state index in [1.807, 2.05) is 36.4 Å². The average molecular weight is 439 g/mol. The van der Waals surface area contributed by atoms with Crippen LogP contribution >= 0.6 is 22.7 Å². The van der Waals surface area contributed by atoms with Crippen molar-refractivity contribution in [1.82, 2.24) is 0 Å². The van der Waals surface area contributed by atoms with E-state index >= 15 is 0 Å². The molecule has 0 N–H and O–H groups in total. The minimum absolute atomic E-state index is 0.350. The fourth-order valence-electron chi connectivity index (χ4n) is 3.35. The molecule has 0 aliphatic carbocycles. The summed E-state index contributed by atoms with van der Waals surface area (Å²) in [4.78, 5) is 4.85. The Kier molecular flexibility index (Phi) is 7.03. The van der Waals surface area contributed by atoms with E-state index in [2.05, 4.69) is 60.4 Å². The molecule has 1 nitrogen and oxygen atoms in total. The van der Waals surface area contributed by atoms with E-state index in [9.17, 15) is 0 Å². The molecule has 0 spiro atoms. The van der Waals surface area contributed by atoms with Crippen LogP contribution in [0.25, 0.3) is 20.9 Å². The Morgan fingerprint density at radius 2 is 1.03 bits per heavy atom. The van der Waals surface area contributed by atoms with Crippen LogP contribution in [0.15, 0.2) is 84.9 Å². The summed E-state index contributed by atoms with van der Waals surface area (Å²) >= 11 is 3.49. The highest BCUT2D eigenvalue weighted by atomic mass is 32.1. The zero-order valence-corrected chi connectivity index (χ0v) is 18.7. The SMILES string of the molecule is C#CC(Cc1ccc(-c2ccccc2)s1)OC(C#C)Cc1ccc(-c2ccccc2)s1. The Labute approximate surface area is 192 Å². The summed E-state index contributed by atoms with van der Waals surface area (Å²) in [7, 11) is 0. The first-order valence-corrected chi connectivity index (χ1v) is 11.7. The fraction of sp³-hybridized carbons (Fsp3) is 0.143. The van der Waals surface area contributed by atoms with E-state index < -0.39 is 0 Å². The van der Waals surface area contributed by atoms with Gasteiger partial charge in [0.1, 0.15) is 12.2 Å². The second-order valence-electron chi connectivity index (χ2n) is 7.12. The van der Waals surface area contributed by atoms with Gasteiger partial charge < -0.3 is 4.74 Å². The Balaban J connectivity index is 1.39. The lowest BCUT2D eigenvalue weighted by atomic mass is 10.1. The molecule has 4 aromatic rings. The predicted octanol–water partition coefficient (Wildman–Crippen LogP) is 6.95. The number of ether oxygens (including phenoxy) is 1. The molecular weight excluding hydrogens is 416 g/mol. The third-order valence-corrected chi connectivity index (χ3v) is 7.23. The Morgan fingerprint density at radius 3 is 1.42 bits per heavy atom. The van der Waals surface area contributed by atoms with Crippen LogP contribution in [0, 0.1) is 24.7 Å². The van der Waals surface area contributed by atoms with Crippen LogP contribution in [0.4, 0.5) is 0 Å². The molecule has 2 atom stereocenters. The molecule has 31 heavy (non-hydrogen) atoms. The Hall–Kier alpha value is -3.08. The van der Waals surface area contributed by atoms with E-state index in [0.717, 1.165) is 0 Å². The molecule has 4 rings (SSSR count). The van der Waals surface area contributed by atoms with Crippen molar-refractivity contribution in [2.24, 2.45) is 0 Å². The molecule has 2 unspecified atom stereocenters. The second-order valence-corrected chi connectivity index (χ2v) is 9.46. The van der Waals surface area contributed by atoms with Crippen molar-refractivity contribution in [3.05, 3.63) is 94.7 Å². The Bertz CT molecular complexity index is 1090. The van der Waals surface area contributed by atoms with E-state index in [-0.39, 0.29) is 12.2 Å². The molecule has 0 radical (unpaired) electrons. The van der Waals surface area contributed by atoms with E-state index in [0.29, 0.717) is 12.8 Å². The van der Waals surface area contributed by atoms with Crippen LogP contribution in [0.5, 0.6) is 0 Å². The summed E-state index contributed by atoms with van der Waals surface area (Å²) in [5.41, 5.74) is 2.43. The highest BCUT2D eigenvalue weighted by molar-refractivity contribution is 7.15. The minimum atomic E-state index is -0.350. The van der Waals surface area contributed by atoms with Crippen molar-refractivity contribution in [2.45, 2.75) is 25.0 Å². The lowest BCUT2D eigenvalue weighted by molar-refractivity contribution is 0.0542. The summed E-state index contributed by atoms with van der Waals surface area (Å²) in [6.45, 7) is 0. The van der Waals surface area contributed by atoms with Gasteiger partial charge in [-0.05, 0) is 35.4 Å². The largest absolute Gasteiger partial charge is 0.349 e. The smallest absolute Gasteiger partial charge is 0.124 e. The van der Waals surface area contributed by atoms with Gasteiger partial charge in [-0.1, -0.05) is 72.5 Å². The van der Waals surface area contributed by atoms with Gasteiger partial charge in [0, 0.05) is 32.4 Å². The van der Waals surface area contributed by atoms with Gasteiger partial charge in [-0.25, -0.2) is 0 Å². The Morgan fingerprint density at radius 1 is 0.613 bits per heavy atom. The van der Waals surface area contributed by atoms with Crippen molar-refractivity contribution in [1.29, 1.82) is 0 Å². The van der Waals surface area contributed by atoms with Crippen LogP contribution in [-0.2, 0) is 17.6 Å². The van der Waals surface area contributed by atoms with Crippen LogP contribution in [0.3, 0.4) is 0 Å². The third kappa shape index (κ3) is 5.54. The minimum Gasteiger partial charge on any atom is -0.349 e. The van der Waals surface area contributed by atoms with E-state index in [1.165, 1.54) is 30.6 Å². The number of hydrogen-bond acceptors (Lipinski definition) is 3. The van der Waals surface area contributed by atoms with Crippen molar-refractivity contribution in [2.75, 3.05) is 0 Å². The number of benzene rings is 2. The van der Waals surface area contributed by atoms with Crippen molar-refractivity contribution < 1.29 is 4.74 Å². The standard InChI is InChI=1S/C28H22OS2/c1-3-23(19-25-15-17-27(30-25)21-11-7-5-8-12-21)29-24(4-2)20-26-16-18-28(31-26)22-13-9-6-10-14-22/h1-2,5-18,23-24H,19-20H2. The summed E-state index contributed by atoms with van der Waals surface area (Å²) in [5, 5.41) is 0. The van der Waals surface area contributed by atoms with Gasteiger partial charge in [0.2, 0.25) is 0 Å². The van der Waals surface area contributed by atoms with Gasteiger partial charge in [0.15, 0.2) is 0 Å². The molecule has 0 aliphatic heterocycles.